The third-order valence-corrected chi connectivity index (χ3v) is 6.57. The second-order valence-electron chi connectivity index (χ2n) is 7.91. The van der Waals surface area contributed by atoms with Crippen molar-refractivity contribution in [3.05, 3.63) is 41.5 Å². The van der Waals surface area contributed by atoms with Crippen molar-refractivity contribution < 1.29 is 9.59 Å². The molecule has 4 heteroatoms. The number of hydrogen-bond donors (Lipinski definition) is 1. The Kier molecular flexibility index (Phi) is 2.80. The molecule has 3 fully saturated rings. The standard InChI is InChI=1S/C20H22N2O2/c1-10-3-4-11(2)16(7-10)21-9-22-19(23)17-12-5-6-13(15-8-14(12)15)18(17)20(22)24/h3-7,12-15,17-18,21H,8-9H2,1-2H3/t12-,13-,14-,15+,17-,18+/m1/s1. The van der Waals surface area contributed by atoms with Gasteiger partial charge in [0.2, 0.25) is 11.8 Å². The largest absolute Gasteiger partial charge is 0.367 e. The summed E-state index contributed by atoms with van der Waals surface area (Å²) in [6.45, 7) is 4.36. The van der Waals surface area contributed by atoms with Crippen LogP contribution < -0.4 is 5.32 Å². The van der Waals surface area contributed by atoms with Gasteiger partial charge >= 0.3 is 0 Å². The molecule has 4 nitrogen and oxygen atoms in total. The highest BCUT2D eigenvalue weighted by Gasteiger charge is 2.66. The molecular weight excluding hydrogens is 300 g/mol. The monoisotopic (exact) mass is 322 g/mol. The van der Waals surface area contributed by atoms with Crippen LogP contribution >= 0.6 is 0 Å². The molecule has 2 saturated carbocycles. The summed E-state index contributed by atoms with van der Waals surface area (Å²) in [7, 11) is 0. The summed E-state index contributed by atoms with van der Waals surface area (Å²) in [5, 5.41) is 3.30. The molecular formula is C20H22N2O2. The van der Waals surface area contributed by atoms with Gasteiger partial charge in [-0.1, -0.05) is 24.3 Å². The lowest BCUT2D eigenvalue weighted by Gasteiger charge is -2.37. The summed E-state index contributed by atoms with van der Waals surface area (Å²) in [5.41, 5.74) is 3.28. The maximum absolute atomic E-state index is 12.9. The molecule has 4 aliphatic carbocycles. The topological polar surface area (TPSA) is 49.4 Å². The number of carbonyl (C=O) groups excluding carboxylic acids is 2. The zero-order valence-corrected chi connectivity index (χ0v) is 14.0. The maximum atomic E-state index is 12.9. The summed E-state index contributed by atoms with van der Waals surface area (Å²) in [6, 6.07) is 6.19. The molecule has 1 aromatic rings. The number of aryl methyl sites for hydroxylation is 2. The average molecular weight is 322 g/mol. The van der Waals surface area contributed by atoms with Crippen molar-refractivity contribution in [1.82, 2.24) is 4.90 Å². The Balaban J connectivity index is 1.38. The van der Waals surface area contributed by atoms with Crippen LogP contribution in [0.1, 0.15) is 17.5 Å². The third-order valence-electron chi connectivity index (χ3n) is 6.57. The lowest BCUT2D eigenvalue weighted by atomic mass is 9.63. The normalized spacial score (nSPS) is 38.3. The number of imide groups is 1. The molecule has 1 N–H and O–H groups in total. The summed E-state index contributed by atoms with van der Waals surface area (Å²) in [5.74, 6) is 1.78. The number of rotatable bonds is 3. The lowest BCUT2D eigenvalue weighted by molar-refractivity contribution is -0.139. The smallest absolute Gasteiger partial charge is 0.235 e. The number of likely N-dealkylation sites (tertiary alicyclic amines) is 1. The minimum absolute atomic E-state index is 0.0347. The van der Waals surface area contributed by atoms with Gasteiger partial charge in [-0.05, 0) is 61.1 Å². The maximum Gasteiger partial charge on any atom is 0.235 e. The van der Waals surface area contributed by atoms with Gasteiger partial charge in [-0.2, -0.15) is 0 Å². The van der Waals surface area contributed by atoms with E-state index in [1.54, 1.807) is 0 Å². The molecule has 0 unspecified atom stereocenters. The first-order valence-corrected chi connectivity index (χ1v) is 8.91. The van der Waals surface area contributed by atoms with E-state index in [9.17, 15) is 9.59 Å². The van der Waals surface area contributed by atoms with E-state index in [2.05, 4.69) is 35.7 Å². The Labute approximate surface area is 141 Å². The molecule has 1 aliphatic heterocycles. The van der Waals surface area contributed by atoms with Gasteiger partial charge in [0.25, 0.3) is 0 Å². The van der Waals surface area contributed by atoms with Crippen molar-refractivity contribution in [1.29, 1.82) is 0 Å². The fourth-order valence-electron chi connectivity index (χ4n) is 5.27. The molecule has 0 spiro atoms. The van der Waals surface area contributed by atoms with Crippen LogP contribution in [-0.2, 0) is 9.59 Å². The minimum Gasteiger partial charge on any atom is -0.367 e. The van der Waals surface area contributed by atoms with Gasteiger partial charge in [-0.3, -0.25) is 14.5 Å². The summed E-state index contributed by atoms with van der Waals surface area (Å²) < 4.78 is 0. The number of nitrogens with one attached hydrogen (secondary N) is 1. The van der Waals surface area contributed by atoms with E-state index in [-0.39, 0.29) is 30.3 Å². The SMILES string of the molecule is Cc1ccc(C)c(NCN2C(=O)[C@@H]3[C@@H]4C=C[C@H]([C@@H]5C[C@H]45)[C@@H]3C2=O)c1. The zero-order chi connectivity index (χ0) is 16.6. The lowest BCUT2D eigenvalue weighted by Crippen LogP contribution is -2.40. The third kappa shape index (κ3) is 1.80. The van der Waals surface area contributed by atoms with Crippen molar-refractivity contribution in [2.45, 2.75) is 20.3 Å². The molecule has 2 bridgehead atoms. The molecule has 124 valence electrons. The highest BCUT2D eigenvalue weighted by molar-refractivity contribution is 6.06. The number of amides is 2. The Morgan fingerprint density at radius 2 is 1.67 bits per heavy atom. The van der Waals surface area contributed by atoms with Crippen molar-refractivity contribution in [3.63, 3.8) is 0 Å². The highest BCUT2D eigenvalue weighted by Crippen LogP contribution is 2.65. The van der Waals surface area contributed by atoms with E-state index in [0.29, 0.717) is 23.7 Å². The molecule has 6 rings (SSSR count). The van der Waals surface area contributed by atoms with Crippen LogP contribution in [0.4, 0.5) is 5.69 Å². The Hall–Kier alpha value is -2.10. The van der Waals surface area contributed by atoms with Gasteiger partial charge in [0.15, 0.2) is 0 Å². The number of anilines is 1. The van der Waals surface area contributed by atoms with E-state index >= 15 is 0 Å². The molecule has 5 aliphatic rings. The van der Waals surface area contributed by atoms with Crippen molar-refractivity contribution in [2.75, 3.05) is 12.0 Å². The van der Waals surface area contributed by atoms with E-state index in [1.165, 1.54) is 11.3 Å². The molecule has 24 heavy (non-hydrogen) atoms. The Morgan fingerprint density at radius 1 is 1.04 bits per heavy atom. The molecule has 2 amide bonds. The Bertz CT molecular complexity index is 748. The van der Waals surface area contributed by atoms with E-state index in [1.807, 2.05) is 13.8 Å². The van der Waals surface area contributed by atoms with E-state index < -0.39 is 0 Å². The van der Waals surface area contributed by atoms with Crippen LogP contribution in [0.5, 0.6) is 0 Å². The first-order chi connectivity index (χ1) is 11.6. The summed E-state index contributed by atoms with van der Waals surface area (Å²) in [6.07, 6.45) is 5.64. The van der Waals surface area contributed by atoms with Gasteiger partial charge < -0.3 is 5.32 Å². The van der Waals surface area contributed by atoms with Gasteiger partial charge in [-0.15, -0.1) is 0 Å². The predicted molar refractivity (Wildman–Crippen MR) is 91.0 cm³/mol. The number of allylic oxidation sites excluding steroid dienone is 2. The highest BCUT2D eigenvalue weighted by atomic mass is 16.2. The van der Waals surface area contributed by atoms with Crippen LogP contribution in [-0.4, -0.2) is 23.4 Å². The Morgan fingerprint density at radius 3 is 2.29 bits per heavy atom. The van der Waals surface area contributed by atoms with E-state index in [4.69, 9.17) is 0 Å². The quantitative estimate of drug-likeness (QED) is 0.688. The predicted octanol–water partition coefficient (Wildman–Crippen LogP) is 2.73. The fourth-order valence-corrected chi connectivity index (χ4v) is 5.27. The van der Waals surface area contributed by atoms with Crippen molar-refractivity contribution in [3.8, 4) is 0 Å². The fraction of sp³-hybridized carbons (Fsp3) is 0.500. The van der Waals surface area contributed by atoms with Crippen molar-refractivity contribution in [2.24, 2.45) is 35.5 Å². The summed E-state index contributed by atoms with van der Waals surface area (Å²) >= 11 is 0. The van der Waals surface area contributed by atoms with Crippen LogP contribution in [0.25, 0.3) is 0 Å². The van der Waals surface area contributed by atoms with Crippen LogP contribution in [0.3, 0.4) is 0 Å². The number of hydrogen-bond acceptors (Lipinski definition) is 3. The van der Waals surface area contributed by atoms with Crippen LogP contribution in [0.2, 0.25) is 0 Å². The molecule has 6 atom stereocenters. The zero-order valence-electron chi connectivity index (χ0n) is 14.0. The molecule has 0 aromatic heterocycles. The van der Waals surface area contributed by atoms with Gasteiger partial charge in [0.05, 0.1) is 18.5 Å². The van der Waals surface area contributed by atoms with Crippen LogP contribution in [0.15, 0.2) is 30.4 Å². The van der Waals surface area contributed by atoms with Crippen LogP contribution in [0, 0.1) is 49.4 Å². The van der Waals surface area contributed by atoms with Gasteiger partial charge in [-0.25, -0.2) is 0 Å². The second kappa shape index (κ2) is 4.71. The number of benzene rings is 1. The summed E-state index contributed by atoms with van der Waals surface area (Å²) in [4.78, 5) is 27.3. The van der Waals surface area contributed by atoms with E-state index in [0.717, 1.165) is 16.8 Å². The average Bonchev–Trinajstić information content (AvgIpc) is 3.35. The van der Waals surface area contributed by atoms with Crippen molar-refractivity contribution >= 4 is 17.5 Å². The first kappa shape index (κ1) is 14.3. The molecule has 1 aromatic carbocycles. The minimum atomic E-state index is -0.100. The number of carbonyl (C=O) groups is 2. The second-order valence-corrected chi connectivity index (χ2v) is 7.91. The first-order valence-electron chi connectivity index (χ1n) is 8.91. The molecule has 1 saturated heterocycles. The molecule has 1 heterocycles. The van der Waals surface area contributed by atoms with Gasteiger partial charge in [0.1, 0.15) is 0 Å². The molecule has 0 radical (unpaired) electrons. The van der Waals surface area contributed by atoms with Gasteiger partial charge in [0, 0.05) is 5.69 Å². The number of nitrogens with zero attached hydrogens (tertiary/aromatic N) is 1.